The second-order valence-corrected chi connectivity index (χ2v) is 3.00. The first-order valence-corrected chi connectivity index (χ1v) is 4.75. The molecule has 0 bridgehead atoms. The van der Waals surface area contributed by atoms with E-state index in [-0.39, 0.29) is 24.9 Å². The van der Waals surface area contributed by atoms with Crippen molar-refractivity contribution in [1.82, 2.24) is 10.6 Å². The molecule has 2 N–H and O–H groups in total. The molecule has 1 aromatic rings. The van der Waals surface area contributed by atoms with E-state index in [4.69, 9.17) is 13.8 Å². The van der Waals surface area contributed by atoms with Gasteiger partial charge in [0.05, 0.1) is 0 Å². The van der Waals surface area contributed by atoms with E-state index in [9.17, 15) is 9.59 Å². The maximum atomic E-state index is 11.3. The summed E-state index contributed by atoms with van der Waals surface area (Å²) in [6, 6.07) is 6.21. The first kappa shape index (κ1) is 12.2. The van der Waals surface area contributed by atoms with Crippen molar-refractivity contribution in [3.05, 3.63) is 49.2 Å². The van der Waals surface area contributed by atoms with Crippen molar-refractivity contribution in [1.29, 1.82) is 0 Å². The fraction of sp³-hybridized carbons (Fsp3) is 0.167. The quantitative estimate of drug-likeness (QED) is 0.773. The summed E-state index contributed by atoms with van der Waals surface area (Å²) in [7, 11) is 0. The molecule has 82 valence electrons. The summed E-state index contributed by atoms with van der Waals surface area (Å²) in [5.74, 6) is -0.540. The molecule has 0 aliphatic carbocycles. The molecule has 0 aliphatic rings. The number of amides is 2. The highest BCUT2D eigenvalue weighted by atomic mass is 16.2. The number of nitrogens with one attached hydrogen (secondary N) is 2. The number of hydrogen-bond donors (Lipinski definition) is 2. The normalized spacial score (nSPS) is 9.62. The Kier molecular flexibility index (Phi) is 4.51. The highest BCUT2D eigenvalue weighted by molar-refractivity contribution is 5.97. The summed E-state index contributed by atoms with van der Waals surface area (Å²) in [6.45, 7) is 10.5. The lowest BCUT2D eigenvalue weighted by molar-refractivity contribution is 0.0946. The van der Waals surface area contributed by atoms with E-state index < -0.39 is 0 Å². The molecule has 1 rings (SSSR count). The lowest BCUT2D eigenvalue weighted by Gasteiger charge is -2.04. The molecular formula is C12H12N2O2. The molecule has 4 heteroatoms. The average Bonchev–Trinajstić information content (AvgIpc) is 2.30. The first-order valence-electron chi connectivity index (χ1n) is 4.75. The zero-order chi connectivity index (χ0) is 12.0. The second-order valence-electron chi connectivity index (χ2n) is 3.00. The lowest BCUT2D eigenvalue weighted by atomic mass is 10.1. The van der Waals surface area contributed by atoms with Crippen LogP contribution in [0.3, 0.4) is 0 Å². The first-order chi connectivity index (χ1) is 7.69. The van der Waals surface area contributed by atoms with Crippen molar-refractivity contribution in [2.45, 2.75) is 0 Å². The Morgan fingerprint density at radius 2 is 1.19 bits per heavy atom. The molecule has 1 aromatic carbocycles. The van der Waals surface area contributed by atoms with Gasteiger partial charge in [0, 0.05) is 24.2 Å². The van der Waals surface area contributed by atoms with Gasteiger partial charge in [-0.1, -0.05) is 0 Å². The molecular weight excluding hydrogens is 204 g/mol. The highest BCUT2D eigenvalue weighted by Crippen LogP contribution is 2.04. The van der Waals surface area contributed by atoms with Crippen molar-refractivity contribution in [2.75, 3.05) is 13.1 Å². The topological polar surface area (TPSA) is 58.2 Å². The Morgan fingerprint density at radius 1 is 0.875 bits per heavy atom. The Balaban J connectivity index is 2.75. The fourth-order valence-corrected chi connectivity index (χ4v) is 1.16. The smallest absolute Gasteiger partial charge is 0.251 e. The predicted octanol–water partition coefficient (Wildman–Crippen LogP) is 0.568. The van der Waals surface area contributed by atoms with Gasteiger partial charge in [-0.15, -0.1) is 0 Å². The summed E-state index contributed by atoms with van der Waals surface area (Å²) in [6.07, 6.45) is 0. The van der Waals surface area contributed by atoms with Gasteiger partial charge >= 0.3 is 0 Å². The predicted molar refractivity (Wildman–Crippen MR) is 59.7 cm³/mol. The number of benzene rings is 1. The third kappa shape index (κ3) is 3.08. The van der Waals surface area contributed by atoms with Crippen LogP contribution in [0.5, 0.6) is 0 Å². The van der Waals surface area contributed by atoms with E-state index in [1.165, 1.54) is 0 Å². The molecule has 0 aliphatic heterocycles. The van der Waals surface area contributed by atoms with E-state index in [1.54, 1.807) is 24.3 Å². The standard InChI is InChI=1S/C12H12N2O2/c1-3-13-11(15)9-5-7-10(8-6-9)12(16)14-4-2/h1-2,5-8H,3-4H2,(H,13,15)(H,14,16). The van der Waals surface area contributed by atoms with Crippen LogP contribution in [0.1, 0.15) is 20.7 Å². The van der Waals surface area contributed by atoms with Crippen LogP contribution in [0.2, 0.25) is 0 Å². The van der Waals surface area contributed by atoms with Crippen molar-refractivity contribution >= 4 is 11.8 Å². The van der Waals surface area contributed by atoms with Gasteiger partial charge in [-0.2, -0.15) is 0 Å². The highest BCUT2D eigenvalue weighted by Gasteiger charge is 2.06. The van der Waals surface area contributed by atoms with Crippen molar-refractivity contribution in [3.63, 3.8) is 0 Å². The fourth-order valence-electron chi connectivity index (χ4n) is 1.16. The van der Waals surface area contributed by atoms with E-state index in [0.29, 0.717) is 11.1 Å². The van der Waals surface area contributed by atoms with E-state index in [2.05, 4.69) is 10.6 Å². The Bertz CT molecular complexity index is 334. The molecule has 0 saturated heterocycles. The van der Waals surface area contributed by atoms with Gasteiger partial charge in [-0.05, 0) is 38.1 Å². The van der Waals surface area contributed by atoms with Gasteiger partial charge in [0.25, 0.3) is 11.8 Å². The van der Waals surface area contributed by atoms with Crippen LogP contribution in [0.4, 0.5) is 0 Å². The minimum Gasteiger partial charge on any atom is -0.352 e. The van der Waals surface area contributed by atoms with Gasteiger partial charge in [0.1, 0.15) is 0 Å². The number of rotatable bonds is 4. The minimum atomic E-state index is -0.270. The molecule has 0 unspecified atom stereocenters. The molecule has 0 atom stereocenters. The maximum Gasteiger partial charge on any atom is 0.251 e. The van der Waals surface area contributed by atoms with Gasteiger partial charge in [-0.25, -0.2) is 0 Å². The molecule has 0 aromatic heterocycles. The van der Waals surface area contributed by atoms with E-state index >= 15 is 0 Å². The second kappa shape index (κ2) is 5.90. The van der Waals surface area contributed by atoms with Crippen LogP contribution in [0, 0.1) is 13.8 Å². The van der Waals surface area contributed by atoms with Crippen LogP contribution in [0.25, 0.3) is 0 Å². The Hall–Kier alpha value is -1.84. The third-order valence-electron chi connectivity index (χ3n) is 1.93. The lowest BCUT2D eigenvalue weighted by Crippen LogP contribution is -2.24. The molecule has 0 fully saturated rings. The Labute approximate surface area is 95.0 Å². The summed E-state index contributed by atoms with van der Waals surface area (Å²) >= 11 is 0. The zero-order valence-electron chi connectivity index (χ0n) is 8.69. The zero-order valence-corrected chi connectivity index (χ0v) is 8.69. The SMILES string of the molecule is [CH]CNC(=O)c1ccc(C(=O)NC[CH])cc1. The van der Waals surface area contributed by atoms with Crippen molar-refractivity contribution < 1.29 is 9.59 Å². The molecule has 4 radical (unpaired) electrons. The Morgan fingerprint density at radius 3 is 1.44 bits per heavy atom. The summed E-state index contributed by atoms with van der Waals surface area (Å²) in [5.41, 5.74) is 0.907. The number of carbonyl (C=O) groups is 2. The van der Waals surface area contributed by atoms with Gasteiger partial charge in [0.2, 0.25) is 0 Å². The largest absolute Gasteiger partial charge is 0.352 e. The molecule has 16 heavy (non-hydrogen) atoms. The van der Waals surface area contributed by atoms with Gasteiger partial charge < -0.3 is 10.6 Å². The minimum absolute atomic E-state index is 0.0776. The molecule has 0 heterocycles. The van der Waals surface area contributed by atoms with Crippen LogP contribution >= 0.6 is 0 Å². The van der Waals surface area contributed by atoms with Crippen LogP contribution in [0.15, 0.2) is 24.3 Å². The summed E-state index contributed by atoms with van der Waals surface area (Å²) in [5, 5.41) is 4.91. The van der Waals surface area contributed by atoms with Crippen molar-refractivity contribution in [3.8, 4) is 0 Å². The molecule has 2 amide bonds. The number of hydrogen-bond acceptors (Lipinski definition) is 2. The maximum absolute atomic E-state index is 11.3. The van der Waals surface area contributed by atoms with Crippen LogP contribution in [-0.4, -0.2) is 24.9 Å². The summed E-state index contributed by atoms with van der Waals surface area (Å²) < 4.78 is 0. The third-order valence-corrected chi connectivity index (χ3v) is 1.93. The van der Waals surface area contributed by atoms with Gasteiger partial charge in [0.15, 0.2) is 0 Å². The number of carbonyl (C=O) groups excluding carboxylic acids is 2. The monoisotopic (exact) mass is 216 g/mol. The van der Waals surface area contributed by atoms with Crippen LogP contribution in [-0.2, 0) is 0 Å². The average molecular weight is 216 g/mol. The molecule has 0 saturated carbocycles. The summed E-state index contributed by atoms with van der Waals surface area (Å²) in [4.78, 5) is 22.7. The van der Waals surface area contributed by atoms with Crippen LogP contribution < -0.4 is 10.6 Å². The van der Waals surface area contributed by atoms with Crippen molar-refractivity contribution in [2.24, 2.45) is 0 Å². The van der Waals surface area contributed by atoms with Gasteiger partial charge in [-0.3, -0.25) is 9.59 Å². The van der Waals surface area contributed by atoms with E-state index in [0.717, 1.165) is 0 Å². The molecule has 4 nitrogen and oxygen atoms in total. The molecule has 0 spiro atoms. The van der Waals surface area contributed by atoms with E-state index in [1.807, 2.05) is 0 Å².